The average Bonchev–Trinajstić information content (AvgIpc) is 2.04. The molecule has 2 aliphatic rings. The Balaban J connectivity index is 1.93. The fraction of sp³-hybridized carbons (Fsp3) is 1.00. The summed E-state index contributed by atoms with van der Waals surface area (Å²) in [5.41, 5.74) is 0. The zero-order valence-corrected chi connectivity index (χ0v) is 9.09. The van der Waals surface area contributed by atoms with E-state index in [1.807, 2.05) is 0 Å². The summed E-state index contributed by atoms with van der Waals surface area (Å²) in [6.45, 7) is 2.70. The third-order valence-electron chi connectivity index (χ3n) is 3.24. The summed E-state index contributed by atoms with van der Waals surface area (Å²) in [6.07, 6.45) is 7.49. The first-order valence-corrected chi connectivity index (χ1v) is 5.73. The Kier molecular flexibility index (Phi) is 2.72. The van der Waals surface area contributed by atoms with E-state index >= 15 is 0 Å². The molecule has 0 amide bonds. The topological polar surface area (TPSA) is 3.24 Å². The predicted molar refractivity (Wildman–Crippen MR) is 55.7 cm³/mol. The van der Waals surface area contributed by atoms with Crippen LogP contribution < -0.4 is 0 Å². The molecule has 2 rings (SSSR count). The van der Waals surface area contributed by atoms with E-state index in [0.29, 0.717) is 0 Å². The van der Waals surface area contributed by atoms with Gasteiger partial charge in [0.15, 0.2) is 0 Å². The van der Waals surface area contributed by atoms with E-state index in [2.05, 4.69) is 26.0 Å². The molecule has 0 bridgehead atoms. The molecule has 0 aromatic carbocycles. The molecule has 0 N–H and O–H groups in total. The van der Waals surface area contributed by atoms with E-state index < -0.39 is 0 Å². The Morgan fingerprint density at radius 2 is 1.73 bits per heavy atom. The molecule has 0 unspecified atom stereocenters. The average molecular weight is 265 g/mol. The summed E-state index contributed by atoms with van der Waals surface area (Å²) in [5, 5.41) is 0. The second kappa shape index (κ2) is 3.60. The van der Waals surface area contributed by atoms with Gasteiger partial charge in [-0.1, -0.05) is 19.3 Å². The summed E-state index contributed by atoms with van der Waals surface area (Å²) in [7, 11) is 0. The van der Waals surface area contributed by atoms with Crippen LogP contribution in [0.25, 0.3) is 0 Å². The van der Waals surface area contributed by atoms with Crippen molar-refractivity contribution in [3.63, 3.8) is 0 Å². The van der Waals surface area contributed by atoms with E-state index in [9.17, 15) is 0 Å². The van der Waals surface area contributed by atoms with Gasteiger partial charge in [-0.15, -0.1) is 0 Å². The first-order valence-electron chi connectivity index (χ1n) is 4.77. The number of fused-ring (bicyclic) bond motifs is 1. The molecule has 2 heteroatoms. The molecule has 0 spiro atoms. The van der Waals surface area contributed by atoms with Crippen molar-refractivity contribution >= 4 is 22.9 Å². The van der Waals surface area contributed by atoms with Crippen LogP contribution in [0.2, 0.25) is 0 Å². The van der Waals surface area contributed by atoms with Gasteiger partial charge in [-0.2, -0.15) is 0 Å². The highest BCUT2D eigenvalue weighted by Crippen LogP contribution is 2.36. The Morgan fingerprint density at radius 1 is 1.00 bits per heavy atom. The minimum absolute atomic E-state index is 1.05. The molecular formula is C9H16IN. The van der Waals surface area contributed by atoms with Crippen molar-refractivity contribution in [3.05, 3.63) is 0 Å². The van der Waals surface area contributed by atoms with Crippen LogP contribution in [-0.2, 0) is 0 Å². The van der Waals surface area contributed by atoms with Gasteiger partial charge >= 0.3 is 0 Å². The highest BCUT2D eigenvalue weighted by Gasteiger charge is 2.29. The highest BCUT2D eigenvalue weighted by molar-refractivity contribution is 14.1. The number of hydrogen-bond donors (Lipinski definition) is 0. The standard InChI is InChI=1S/C9H16IN/c10-11-6-5-8-3-1-2-4-9(8)7-11/h8-9H,1-7H2/t8-,9-/m1/s1. The molecule has 1 nitrogen and oxygen atoms in total. The van der Waals surface area contributed by atoms with Crippen LogP contribution >= 0.6 is 22.9 Å². The molecule has 1 saturated heterocycles. The van der Waals surface area contributed by atoms with Crippen LogP contribution in [0, 0.1) is 11.8 Å². The number of halogens is 1. The van der Waals surface area contributed by atoms with Crippen molar-refractivity contribution in [2.45, 2.75) is 32.1 Å². The third kappa shape index (κ3) is 1.89. The van der Waals surface area contributed by atoms with Crippen LogP contribution in [-0.4, -0.2) is 16.2 Å². The number of rotatable bonds is 0. The van der Waals surface area contributed by atoms with Crippen LogP contribution in [0.1, 0.15) is 32.1 Å². The lowest BCUT2D eigenvalue weighted by molar-refractivity contribution is 0.151. The SMILES string of the molecule is IN1CC[C@H]2CCCC[C@@H]2C1. The minimum atomic E-state index is 1.05. The van der Waals surface area contributed by atoms with Gasteiger partial charge in [0, 0.05) is 36.0 Å². The van der Waals surface area contributed by atoms with Crippen molar-refractivity contribution in [1.82, 2.24) is 3.11 Å². The largest absolute Gasteiger partial charge is 0.247 e. The van der Waals surface area contributed by atoms with Gasteiger partial charge in [-0.05, 0) is 24.7 Å². The first-order chi connectivity index (χ1) is 5.36. The maximum Gasteiger partial charge on any atom is 0.0201 e. The van der Waals surface area contributed by atoms with Gasteiger partial charge in [-0.3, -0.25) is 0 Å². The van der Waals surface area contributed by atoms with E-state index in [1.54, 1.807) is 0 Å². The van der Waals surface area contributed by atoms with Gasteiger partial charge in [0.2, 0.25) is 0 Å². The summed E-state index contributed by atoms with van der Waals surface area (Å²) >= 11 is 2.48. The molecule has 2 atom stereocenters. The molecule has 0 radical (unpaired) electrons. The maximum atomic E-state index is 2.48. The van der Waals surface area contributed by atoms with Gasteiger partial charge in [0.05, 0.1) is 0 Å². The van der Waals surface area contributed by atoms with Crippen LogP contribution in [0.15, 0.2) is 0 Å². The zero-order chi connectivity index (χ0) is 7.68. The van der Waals surface area contributed by atoms with Crippen molar-refractivity contribution in [3.8, 4) is 0 Å². The smallest absolute Gasteiger partial charge is 0.0201 e. The van der Waals surface area contributed by atoms with Crippen molar-refractivity contribution in [2.75, 3.05) is 13.1 Å². The predicted octanol–water partition coefficient (Wildman–Crippen LogP) is 2.85. The van der Waals surface area contributed by atoms with E-state index in [4.69, 9.17) is 0 Å². The fourth-order valence-corrected chi connectivity index (χ4v) is 3.34. The van der Waals surface area contributed by atoms with Crippen molar-refractivity contribution in [2.24, 2.45) is 11.8 Å². The maximum absolute atomic E-state index is 2.48. The Labute approximate surface area is 83.0 Å². The first kappa shape index (κ1) is 8.30. The molecule has 0 aromatic rings. The Hall–Kier alpha value is 0.690. The Morgan fingerprint density at radius 3 is 2.55 bits per heavy atom. The molecule has 1 aliphatic heterocycles. The molecule has 1 saturated carbocycles. The third-order valence-corrected chi connectivity index (χ3v) is 4.12. The quantitative estimate of drug-likeness (QED) is 0.481. The number of hydrogen-bond acceptors (Lipinski definition) is 1. The van der Waals surface area contributed by atoms with Crippen LogP contribution in [0.5, 0.6) is 0 Å². The normalized spacial score (nSPS) is 40.1. The second-order valence-corrected chi connectivity index (χ2v) is 5.33. The monoisotopic (exact) mass is 265 g/mol. The van der Waals surface area contributed by atoms with Crippen LogP contribution in [0.4, 0.5) is 0 Å². The van der Waals surface area contributed by atoms with Gasteiger partial charge in [0.1, 0.15) is 0 Å². The molecule has 1 aliphatic carbocycles. The Bertz CT molecular complexity index is 138. The molecule has 0 aromatic heterocycles. The van der Waals surface area contributed by atoms with Gasteiger partial charge in [-0.25, -0.2) is 3.11 Å². The lowest BCUT2D eigenvalue weighted by atomic mass is 9.76. The van der Waals surface area contributed by atoms with E-state index in [-0.39, 0.29) is 0 Å². The molecular weight excluding hydrogens is 249 g/mol. The molecule has 11 heavy (non-hydrogen) atoms. The van der Waals surface area contributed by atoms with E-state index in [1.165, 1.54) is 45.2 Å². The van der Waals surface area contributed by atoms with E-state index in [0.717, 1.165) is 11.8 Å². The summed E-state index contributed by atoms with van der Waals surface area (Å²) in [6, 6.07) is 0. The van der Waals surface area contributed by atoms with Crippen LogP contribution in [0.3, 0.4) is 0 Å². The minimum Gasteiger partial charge on any atom is -0.247 e. The summed E-state index contributed by atoms with van der Waals surface area (Å²) in [4.78, 5) is 0. The molecule has 64 valence electrons. The lowest BCUT2D eigenvalue weighted by Gasteiger charge is -2.38. The molecule has 1 heterocycles. The summed E-state index contributed by atoms with van der Waals surface area (Å²) < 4.78 is 2.48. The molecule has 2 fully saturated rings. The fourth-order valence-electron chi connectivity index (χ4n) is 2.56. The number of nitrogens with zero attached hydrogens (tertiary/aromatic N) is 1. The highest BCUT2D eigenvalue weighted by atomic mass is 127. The van der Waals surface area contributed by atoms with Gasteiger partial charge in [0.25, 0.3) is 0 Å². The second-order valence-electron chi connectivity index (χ2n) is 3.96. The zero-order valence-electron chi connectivity index (χ0n) is 6.93. The lowest BCUT2D eigenvalue weighted by Crippen LogP contribution is -2.36. The van der Waals surface area contributed by atoms with Crippen molar-refractivity contribution < 1.29 is 0 Å². The van der Waals surface area contributed by atoms with Crippen molar-refractivity contribution in [1.29, 1.82) is 0 Å². The van der Waals surface area contributed by atoms with Gasteiger partial charge < -0.3 is 0 Å². The number of piperidine rings is 1. The summed E-state index contributed by atoms with van der Waals surface area (Å²) in [5.74, 6) is 2.14.